The fourth-order valence-electron chi connectivity index (χ4n) is 4.17. The number of aryl methyl sites for hydroxylation is 1. The van der Waals surface area contributed by atoms with Crippen LogP contribution >= 0.6 is 0 Å². The van der Waals surface area contributed by atoms with Crippen molar-refractivity contribution in [1.82, 2.24) is 14.5 Å². The molecule has 0 N–H and O–H groups in total. The molecule has 31 heavy (non-hydrogen) atoms. The van der Waals surface area contributed by atoms with Gasteiger partial charge in [-0.05, 0) is 55.2 Å². The van der Waals surface area contributed by atoms with Gasteiger partial charge < -0.3 is 18.8 Å². The molecule has 2 heterocycles. The highest BCUT2D eigenvalue weighted by Gasteiger charge is 2.20. The Bertz CT molecular complexity index is 978. The van der Waals surface area contributed by atoms with Crippen LogP contribution in [0.15, 0.2) is 54.9 Å². The molecule has 0 bridgehead atoms. The molecule has 0 saturated carbocycles. The van der Waals surface area contributed by atoms with Gasteiger partial charge in [0, 0.05) is 44.3 Å². The molecular formula is C25H31N3O3. The highest BCUT2D eigenvalue weighted by Crippen LogP contribution is 2.28. The number of nitrogens with zero attached hydrogens (tertiary/aromatic N) is 3. The zero-order valence-electron chi connectivity index (χ0n) is 18.6. The van der Waals surface area contributed by atoms with E-state index in [-0.39, 0.29) is 0 Å². The van der Waals surface area contributed by atoms with Gasteiger partial charge in [-0.3, -0.25) is 4.90 Å². The van der Waals surface area contributed by atoms with Gasteiger partial charge in [0.2, 0.25) is 0 Å². The number of aromatic nitrogens is 2. The largest absolute Gasteiger partial charge is 0.493 e. The minimum atomic E-state index is 0.299. The number of benzene rings is 2. The molecule has 2 aromatic carbocycles. The van der Waals surface area contributed by atoms with Crippen molar-refractivity contribution in [1.29, 1.82) is 0 Å². The Morgan fingerprint density at radius 1 is 1.03 bits per heavy atom. The summed E-state index contributed by atoms with van der Waals surface area (Å²) in [5.41, 5.74) is 3.60. The molecule has 164 valence electrons. The summed E-state index contributed by atoms with van der Waals surface area (Å²) in [5, 5.41) is 0. The molecule has 0 spiro atoms. The molecule has 4 rings (SSSR count). The van der Waals surface area contributed by atoms with E-state index >= 15 is 0 Å². The quantitative estimate of drug-likeness (QED) is 0.513. The Kier molecular flexibility index (Phi) is 6.89. The van der Waals surface area contributed by atoms with E-state index in [4.69, 9.17) is 14.2 Å². The third-order valence-corrected chi connectivity index (χ3v) is 5.79. The Morgan fingerprint density at radius 2 is 1.77 bits per heavy atom. The molecule has 1 atom stereocenters. The summed E-state index contributed by atoms with van der Waals surface area (Å²) in [6, 6.07) is 14.9. The first-order valence-electron chi connectivity index (χ1n) is 10.8. The van der Waals surface area contributed by atoms with E-state index in [1.165, 1.54) is 11.1 Å². The molecule has 1 saturated heterocycles. The predicted molar refractivity (Wildman–Crippen MR) is 121 cm³/mol. The van der Waals surface area contributed by atoms with Gasteiger partial charge in [0.25, 0.3) is 0 Å². The molecular weight excluding hydrogens is 390 g/mol. The van der Waals surface area contributed by atoms with Gasteiger partial charge >= 0.3 is 0 Å². The fraction of sp³-hybridized carbons (Fsp3) is 0.400. The highest BCUT2D eigenvalue weighted by molar-refractivity contribution is 5.43. The first-order valence-corrected chi connectivity index (χ1v) is 10.8. The van der Waals surface area contributed by atoms with E-state index in [1.807, 2.05) is 25.4 Å². The van der Waals surface area contributed by atoms with Crippen LogP contribution in [-0.4, -0.2) is 47.9 Å². The molecule has 6 heteroatoms. The lowest BCUT2D eigenvalue weighted by atomic mass is 10.1. The van der Waals surface area contributed by atoms with Crippen LogP contribution in [0.1, 0.15) is 29.8 Å². The van der Waals surface area contributed by atoms with Gasteiger partial charge in [-0.2, -0.15) is 0 Å². The third-order valence-electron chi connectivity index (χ3n) is 5.79. The van der Waals surface area contributed by atoms with E-state index in [0.29, 0.717) is 6.10 Å². The number of hydrogen-bond donors (Lipinski definition) is 0. The number of ether oxygens (including phenoxy) is 3. The Hall–Kier alpha value is -2.83. The predicted octanol–water partition coefficient (Wildman–Crippen LogP) is 4.38. The minimum absolute atomic E-state index is 0.299. The van der Waals surface area contributed by atoms with Crippen LogP contribution in [0.25, 0.3) is 5.69 Å². The van der Waals surface area contributed by atoms with Crippen molar-refractivity contribution in [2.24, 2.45) is 0 Å². The number of imidazole rings is 1. The normalized spacial score (nSPS) is 16.1. The Morgan fingerprint density at radius 3 is 2.42 bits per heavy atom. The van der Waals surface area contributed by atoms with Gasteiger partial charge in [-0.25, -0.2) is 4.98 Å². The summed E-state index contributed by atoms with van der Waals surface area (Å²) in [4.78, 5) is 6.77. The van der Waals surface area contributed by atoms with Crippen molar-refractivity contribution in [2.45, 2.75) is 39.0 Å². The summed E-state index contributed by atoms with van der Waals surface area (Å²) < 4.78 is 18.9. The van der Waals surface area contributed by atoms with Crippen LogP contribution in [0.2, 0.25) is 0 Å². The van der Waals surface area contributed by atoms with Crippen LogP contribution in [0.3, 0.4) is 0 Å². The second-order valence-corrected chi connectivity index (χ2v) is 8.00. The standard InChI is InChI=1S/C25H31N3O3/c1-19-26-12-13-28(19)22-9-6-20(7-10-22)16-27(18-23-5-4-14-31-23)17-21-8-11-24(29-2)25(15-21)30-3/h6-13,15,23H,4-5,14,16-18H2,1-3H3/t23-/m0/s1. The molecule has 1 aromatic heterocycles. The summed E-state index contributed by atoms with van der Waals surface area (Å²) in [7, 11) is 3.34. The first kappa shape index (κ1) is 21.4. The van der Waals surface area contributed by atoms with E-state index in [2.05, 4.69) is 50.8 Å². The molecule has 0 radical (unpaired) electrons. The average molecular weight is 422 g/mol. The smallest absolute Gasteiger partial charge is 0.161 e. The lowest BCUT2D eigenvalue weighted by Gasteiger charge is -2.26. The summed E-state index contributed by atoms with van der Waals surface area (Å²) in [6.45, 7) is 5.48. The molecule has 1 aliphatic rings. The van der Waals surface area contributed by atoms with Crippen molar-refractivity contribution < 1.29 is 14.2 Å². The minimum Gasteiger partial charge on any atom is -0.493 e. The molecule has 1 fully saturated rings. The van der Waals surface area contributed by atoms with E-state index in [9.17, 15) is 0 Å². The van der Waals surface area contributed by atoms with E-state index in [0.717, 1.165) is 62.1 Å². The number of rotatable bonds is 9. The lowest BCUT2D eigenvalue weighted by molar-refractivity contribution is 0.0679. The summed E-state index contributed by atoms with van der Waals surface area (Å²) in [5.74, 6) is 2.50. The lowest BCUT2D eigenvalue weighted by Crippen LogP contribution is -2.31. The number of methoxy groups -OCH3 is 2. The maximum absolute atomic E-state index is 5.92. The average Bonchev–Trinajstić information content (AvgIpc) is 3.46. The zero-order valence-corrected chi connectivity index (χ0v) is 18.6. The van der Waals surface area contributed by atoms with Gasteiger partial charge in [0.1, 0.15) is 5.82 Å². The van der Waals surface area contributed by atoms with Gasteiger partial charge in [0.15, 0.2) is 11.5 Å². The van der Waals surface area contributed by atoms with Crippen molar-refractivity contribution in [3.8, 4) is 17.2 Å². The van der Waals surface area contributed by atoms with Crippen molar-refractivity contribution in [3.05, 3.63) is 71.8 Å². The van der Waals surface area contributed by atoms with Gasteiger partial charge in [-0.15, -0.1) is 0 Å². The van der Waals surface area contributed by atoms with Crippen molar-refractivity contribution in [3.63, 3.8) is 0 Å². The van der Waals surface area contributed by atoms with Crippen molar-refractivity contribution >= 4 is 0 Å². The molecule has 6 nitrogen and oxygen atoms in total. The maximum Gasteiger partial charge on any atom is 0.161 e. The fourth-order valence-corrected chi connectivity index (χ4v) is 4.17. The summed E-state index contributed by atoms with van der Waals surface area (Å²) >= 11 is 0. The SMILES string of the molecule is COc1ccc(CN(Cc2ccc(-n3ccnc3C)cc2)C[C@@H]2CCCO2)cc1OC. The highest BCUT2D eigenvalue weighted by atomic mass is 16.5. The van der Waals surface area contributed by atoms with E-state index in [1.54, 1.807) is 14.2 Å². The second kappa shape index (κ2) is 9.98. The van der Waals surface area contributed by atoms with Crippen LogP contribution < -0.4 is 9.47 Å². The van der Waals surface area contributed by atoms with Crippen LogP contribution in [0.5, 0.6) is 11.5 Å². The summed E-state index contributed by atoms with van der Waals surface area (Å²) in [6.07, 6.45) is 6.39. The Labute approximate surface area is 184 Å². The Balaban J connectivity index is 1.50. The molecule has 0 amide bonds. The number of hydrogen-bond acceptors (Lipinski definition) is 5. The second-order valence-electron chi connectivity index (χ2n) is 8.00. The van der Waals surface area contributed by atoms with Crippen molar-refractivity contribution in [2.75, 3.05) is 27.4 Å². The zero-order chi connectivity index (χ0) is 21.6. The maximum atomic E-state index is 5.92. The third kappa shape index (κ3) is 5.27. The molecule has 3 aromatic rings. The topological polar surface area (TPSA) is 48.8 Å². The van der Waals surface area contributed by atoms with Gasteiger partial charge in [0.05, 0.1) is 20.3 Å². The van der Waals surface area contributed by atoms with Crippen LogP contribution in [0, 0.1) is 6.92 Å². The van der Waals surface area contributed by atoms with E-state index < -0.39 is 0 Å². The molecule has 1 aliphatic heterocycles. The van der Waals surface area contributed by atoms with Gasteiger partial charge in [-0.1, -0.05) is 18.2 Å². The first-order chi connectivity index (χ1) is 15.2. The molecule has 0 unspecified atom stereocenters. The monoisotopic (exact) mass is 421 g/mol. The van der Waals surface area contributed by atoms with Crippen LogP contribution in [-0.2, 0) is 17.8 Å². The molecule has 0 aliphatic carbocycles. The van der Waals surface area contributed by atoms with Crippen LogP contribution in [0.4, 0.5) is 0 Å².